The van der Waals surface area contributed by atoms with Gasteiger partial charge < -0.3 is 40.2 Å². The van der Waals surface area contributed by atoms with Gasteiger partial charge in [0.25, 0.3) is 0 Å². The fraction of sp³-hybridized carbons (Fsp3) is 0.0952. The largest absolute Gasteiger partial charge is 0.509 e. The lowest BCUT2D eigenvalue weighted by molar-refractivity contribution is 0.330. The smallest absolute Gasteiger partial charge is 0.208 e. The van der Waals surface area contributed by atoms with E-state index in [0.29, 0.717) is 23.8 Å². The highest BCUT2D eigenvalue weighted by Gasteiger charge is 2.33. The molecule has 0 spiro atoms. The molecule has 0 saturated heterocycles. The van der Waals surface area contributed by atoms with Crippen molar-refractivity contribution >= 4 is 71.5 Å². The number of fused-ring (bicyclic) bond motifs is 7. The van der Waals surface area contributed by atoms with Crippen molar-refractivity contribution in [2.24, 2.45) is 0 Å². The van der Waals surface area contributed by atoms with E-state index < -0.39 is 56.7 Å². The van der Waals surface area contributed by atoms with Gasteiger partial charge in [-0.15, -0.1) is 0 Å². The van der Waals surface area contributed by atoms with Gasteiger partial charge in [-0.25, -0.2) is 0 Å². The predicted molar refractivity (Wildman–Crippen MR) is 205 cm³/mol. The third kappa shape index (κ3) is 4.24. The summed E-state index contributed by atoms with van der Waals surface area (Å²) in [5.41, 5.74) is 5.92. The number of allylic oxidation sites excluding steroid dienone is 2. The first-order valence-electron chi connectivity index (χ1n) is 16.8. The summed E-state index contributed by atoms with van der Waals surface area (Å²) in [5, 5.41) is 79.6. The van der Waals surface area contributed by atoms with E-state index in [2.05, 4.69) is 36.4 Å². The normalized spacial score (nSPS) is 13.6. The van der Waals surface area contributed by atoms with Crippen LogP contribution in [0.25, 0.3) is 78.2 Å². The minimum Gasteiger partial charge on any atom is -0.509 e. The standard InChI is InChI=1S/C42H28B2O8/c43-34-31(33-37(46)40(49)42(51)41(50)38(33)47)32(36(45)35(44)39(34)48)30-23-11-5-3-9-21(23)28(22-10-4-6-12-24(22)30)19-13-15-25-27(17-19)52-26-16-14-18-7-1-2-8-20(18)29(25)26/h2-5,8-11,13-17,45-51H,1,6-7,12H2. The average Bonchev–Trinajstić information content (AvgIpc) is 3.55. The van der Waals surface area contributed by atoms with E-state index in [0.717, 1.165) is 62.4 Å². The van der Waals surface area contributed by atoms with Crippen LogP contribution in [0.1, 0.15) is 35.1 Å². The van der Waals surface area contributed by atoms with Crippen LogP contribution in [0.4, 0.5) is 0 Å². The fourth-order valence-corrected chi connectivity index (χ4v) is 8.11. The van der Waals surface area contributed by atoms with Gasteiger partial charge in [0.1, 0.15) is 38.4 Å². The Kier molecular flexibility index (Phi) is 6.86. The number of hydrogen-bond acceptors (Lipinski definition) is 8. The van der Waals surface area contributed by atoms with Crippen LogP contribution in [0.3, 0.4) is 0 Å². The Bertz CT molecular complexity index is 2760. The highest BCUT2D eigenvalue weighted by atomic mass is 16.4. The number of aromatic hydroxyl groups is 7. The number of hydrogen-bond donors (Lipinski definition) is 7. The molecule has 10 heteroatoms. The van der Waals surface area contributed by atoms with Crippen molar-refractivity contribution in [1.29, 1.82) is 0 Å². The molecule has 2 aliphatic rings. The Morgan fingerprint density at radius 3 is 1.88 bits per heavy atom. The van der Waals surface area contributed by atoms with Gasteiger partial charge in [-0.05, 0) is 110 Å². The third-order valence-corrected chi connectivity index (χ3v) is 10.5. The highest BCUT2D eigenvalue weighted by Crippen LogP contribution is 2.58. The van der Waals surface area contributed by atoms with Crippen LogP contribution < -0.4 is 10.9 Å². The lowest BCUT2D eigenvalue weighted by Crippen LogP contribution is -2.20. The molecule has 0 unspecified atom stereocenters. The summed E-state index contributed by atoms with van der Waals surface area (Å²) in [6.07, 6.45) is 11.5. The first-order chi connectivity index (χ1) is 25.1. The van der Waals surface area contributed by atoms with Crippen LogP contribution in [0.2, 0.25) is 0 Å². The molecule has 0 bridgehead atoms. The molecular weight excluding hydrogens is 654 g/mol. The number of benzene rings is 6. The lowest BCUT2D eigenvalue weighted by atomic mass is 9.72. The minimum absolute atomic E-state index is 0.0669. The van der Waals surface area contributed by atoms with E-state index in [1.165, 1.54) is 11.1 Å². The van der Waals surface area contributed by atoms with Crippen LogP contribution in [-0.4, -0.2) is 51.4 Å². The summed E-state index contributed by atoms with van der Waals surface area (Å²) in [6, 6.07) is 17.9. The van der Waals surface area contributed by atoms with Gasteiger partial charge in [-0.2, -0.15) is 0 Å². The topological polar surface area (TPSA) is 155 Å². The monoisotopic (exact) mass is 682 g/mol. The molecule has 2 aliphatic carbocycles. The van der Waals surface area contributed by atoms with Crippen LogP contribution in [0.15, 0.2) is 71.2 Å². The van der Waals surface area contributed by atoms with Crippen molar-refractivity contribution in [3.8, 4) is 73.6 Å². The Hall–Kier alpha value is -6.41. The zero-order valence-electron chi connectivity index (χ0n) is 27.5. The molecule has 1 aromatic heterocycles. The Labute approximate surface area is 299 Å². The summed E-state index contributed by atoms with van der Waals surface area (Å²) >= 11 is 0. The summed E-state index contributed by atoms with van der Waals surface area (Å²) < 4.78 is 6.46. The van der Waals surface area contributed by atoms with E-state index in [4.69, 9.17) is 20.1 Å². The summed E-state index contributed by atoms with van der Waals surface area (Å²) in [5.74, 6) is -6.90. The maximum atomic E-state index is 11.8. The Morgan fingerprint density at radius 2 is 1.15 bits per heavy atom. The molecule has 0 saturated carbocycles. The Balaban J connectivity index is 1.38. The molecule has 52 heavy (non-hydrogen) atoms. The van der Waals surface area contributed by atoms with Gasteiger partial charge >= 0.3 is 0 Å². The zero-order valence-corrected chi connectivity index (χ0v) is 27.5. The highest BCUT2D eigenvalue weighted by molar-refractivity contribution is 6.46. The number of phenolic OH excluding ortho intramolecular Hbond substituents is 7. The van der Waals surface area contributed by atoms with Gasteiger partial charge in [0.05, 0.1) is 5.56 Å². The summed E-state index contributed by atoms with van der Waals surface area (Å²) in [6.45, 7) is 0. The van der Waals surface area contributed by atoms with E-state index in [1.54, 1.807) is 0 Å². The predicted octanol–water partition coefficient (Wildman–Crippen LogP) is 7.19. The first kappa shape index (κ1) is 31.6. The quantitative estimate of drug-likeness (QED) is 0.0588. The van der Waals surface area contributed by atoms with Crippen molar-refractivity contribution in [2.45, 2.75) is 25.7 Å². The number of rotatable bonds is 3. The zero-order chi connectivity index (χ0) is 36.2. The molecule has 0 fully saturated rings. The minimum atomic E-state index is -1.17. The van der Waals surface area contributed by atoms with Crippen molar-refractivity contribution in [3.63, 3.8) is 0 Å². The van der Waals surface area contributed by atoms with Crippen LogP contribution in [-0.2, 0) is 12.8 Å². The van der Waals surface area contributed by atoms with Crippen molar-refractivity contribution in [3.05, 3.63) is 89.0 Å². The van der Waals surface area contributed by atoms with E-state index in [1.807, 2.05) is 42.5 Å². The fourth-order valence-electron chi connectivity index (χ4n) is 8.11. The van der Waals surface area contributed by atoms with Gasteiger partial charge in [-0.1, -0.05) is 60.7 Å². The second-order valence-corrected chi connectivity index (χ2v) is 13.3. The average molecular weight is 682 g/mol. The Morgan fingerprint density at radius 1 is 0.500 bits per heavy atom. The number of furan rings is 1. The number of phenols is 7. The van der Waals surface area contributed by atoms with Gasteiger partial charge in [0, 0.05) is 16.3 Å². The molecule has 7 N–H and O–H groups in total. The molecule has 9 rings (SSSR count). The van der Waals surface area contributed by atoms with E-state index in [-0.39, 0.29) is 11.1 Å². The second-order valence-electron chi connectivity index (χ2n) is 13.3. The molecule has 250 valence electrons. The molecule has 6 aromatic carbocycles. The molecule has 0 aliphatic heterocycles. The third-order valence-electron chi connectivity index (χ3n) is 10.5. The van der Waals surface area contributed by atoms with E-state index >= 15 is 0 Å². The molecule has 0 atom stereocenters. The molecule has 4 radical (unpaired) electrons. The molecule has 1 heterocycles. The molecule has 8 nitrogen and oxygen atoms in total. The van der Waals surface area contributed by atoms with Crippen LogP contribution in [0.5, 0.6) is 40.2 Å². The second kappa shape index (κ2) is 11.3. The lowest BCUT2D eigenvalue weighted by Gasteiger charge is -2.27. The van der Waals surface area contributed by atoms with Gasteiger partial charge in [0.15, 0.2) is 11.5 Å². The maximum absolute atomic E-state index is 11.8. The molecule has 7 aromatic rings. The van der Waals surface area contributed by atoms with Crippen LogP contribution >= 0.6 is 0 Å². The molecular formula is C42H28B2O8. The SMILES string of the molecule is [B]c1c(O)c([B])c(-c2c(O)c(O)c(O)c(O)c2O)c(-c2c3c(c(-c4ccc5c(c4)oc4ccc6c(c45)C=CCC6)c4ccccc24)C=CCC3)c1O. The van der Waals surface area contributed by atoms with Crippen molar-refractivity contribution < 1.29 is 40.2 Å². The summed E-state index contributed by atoms with van der Waals surface area (Å²) in [4.78, 5) is 0. The van der Waals surface area contributed by atoms with Crippen LogP contribution in [0, 0.1) is 0 Å². The van der Waals surface area contributed by atoms with Crippen molar-refractivity contribution in [2.75, 3.05) is 0 Å². The van der Waals surface area contributed by atoms with E-state index in [9.17, 15) is 35.7 Å². The van der Waals surface area contributed by atoms with Crippen molar-refractivity contribution in [1.82, 2.24) is 0 Å². The van der Waals surface area contributed by atoms with Gasteiger partial charge in [-0.3, -0.25) is 0 Å². The maximum Gasteiger partial charge on any atom is 0.208 e. The number of aryl methyl sites for hydroxylation is 1. The summed E-state index contributed by atoms with van der Waals surface area (Å²) in [7, 11) is 12.7. The first-order valence-corrected chi connectivity index (χ1v) is 16.8. The van der Waals surface area contributed by atoms with Gasteiger partial charge in [0.2, 0.25) is 17.2 Å². The molecule has 0 amide bonds.